The highest BCUT2D eigenvalue weighted by Crippen LogP contribution is 2.55. The first-order chi connectivity index (χ1) is 18.6. The van der Waals surface area contributed by atoms with E-state index in [-0.39, 0.29) is 39.9 Å². The van der Waals surface area contributed by atoms with Crippen molar-refractivity contribution in [3.63, 3.8) is 0 Å². The van der Waals surface area contributed by atoms with E-state index in [0.29, 0.717) is 24.2 Å². The lowest BCUT2D eigenvalue weighted by Crippen LogP contribution is -2.41. The predicted molar refractivity (Wildman–Crippen MR) is 146 cm³/mol. The molecule has 1 spiro atoms. The second kappa shape index (κ2) is 7.78. The molecule has 0 bridgehead atoms. The summed E-state index contributed by atoms with van der Waals surface area (Å²) in [6, 6.07) is 9.71. The highest BCUT2D eigenvalue weighted by Gasteiger charge is 2.56. The van der Waals surface area contributed by atoms with Gasteiger partial charge in [-0.1, -0.05) is 12.1 Å². The smallest absolute Gasteiger partial charge is 0.336 e. The Bertz CT molecular complexity index is 1960. The Morgan fingerprint density at radius 2 is 1.74 bits per heavy atom. The topological polar surface area (TPSA) is 107 Å². The van der Waals surface area contributed by atoms with Crippen molar-refractivity contribution in [2.45, 2.75) is 51.0 Å². The summed E-state index contributed by atoms with van der Waals surface area (Å²) in [5.74, 6) is -0.482. The summed E-state index contributed by atoms with van der Waals surface area (Å²) in [5, 5.41) is 6.02. The van der Waals surface area contributed by atoms with Gasteiger partial charge in [-0.25, -0.2) is 9.18 Å². The van der Waals surface area contributed by atoms with Gasteiger partial charge in [-0.3, -0.25) is 28.1 Å². The van der Waals surface area contributed by atoms with Gasteiger partial charge in [0.1, 0.15) is 17.0 Å². The molecule has 10 heteroatoms. The second-order valence-corrected chi connectivity index (χ2v) is 11.0. The Labute approximate surface area is 221 Å². The number of amides is 1. The highest BCUT2D eigenvalue weighted by molar-refractivity contribution is 6.08. The van der Waals surface area contributed by atoms with E-state index in [1.807, 2.05) is 6.07 Å². The number of benzene rings is 2. The number of rotatable bonds is 4. The summed E-state index contributed by atoms with van der Waals surface area (Å²) in [6.45, 7) is 3.34. The molecular formula is C29H26FN5O4. The molecule has 0 unspecified atom stereocenters. The van der Waals surface area contributed by atoms with Gasteiger partial charge in [-0.2, -0.15) is 0 Å². The van der Waals surface area contributed by atoms with E-state index in [0.717, 1.165) is 24.0 Å². The molecule has 39 heavy (non-hydrogen) atoms. The van der Waals surface area contributed by atoms with Gasteiger partial charge in [0.05, 0.1) is 22.3 Å². The number of halogens is 1. The third-order valence-electron chi connectivity index (χ3n) is 8.34. The first kappa shape index (κ1) is 23.6. The van der Waals surface area contributed by atoms with Gasteiger partial charge in [0.2, 0.25) is 5.91 Å². The molecule has 2 aliphatic carbocycles. The Balaban J connectivity index is 1.56. The summed E-state index contributed by atoms with van der Waals surface area (Å²) >= 11 is 0. The van der Waals surface area contributed by atoms with Crippen LogP contribution in [0.1, 0.15) is 48.4 Å². The van der Waals surface area contributed by atoms with Crippen molar-refractivity contribution in [1.29, 1.82) is 0 Å². The van der Waals surface area contributed by atoms with Gasteiger partial charge >= 0.3 is 5.69 Å². The molecule has 9 nitrogen and oxygen atoms in total. The molecule has 2 aromatic heterocycles. The summed E-state index contributed by atoms with van der Waals surface area (Å²) in [4.78, 5) is 54.0. The lowest BCUT2D eigenvalue weighted by Gasteiger charge is -2.21. The Hall–Kier alpha value is -4.47. The lowest BCUT2D eigenvalue weighted by atomic mass is 9.97. The third-order valence-corrected chi connectivity index (χ3v) is 8.34. The van der Waals surface area contributed by atoms with E-state index in [1.165, 1.54) is 26.8 Å². The van der Waals surface area contributed by atoms with Crippen molar-refractivity contribution < 1.29 is 9.18 Å². The molecule has 1 aliphatic heterocycles. The van der Waals surface area contributed by atoms with Crippen LogP contribution >= 0.6 is 0 Å². The maximum absolute atomic E-state index is 14.9. The van der Waals surface area contributed by atoms with Crippen molar-refractivity contribution in [2.24, 2.45) is 7.05 Å². The number of nitrogens with zero attached hydrogens (tertiary/aromatic N) is 3. The van der Waals surface area contributed by atoms with Crippen molar-refractivity contribution >= 4 is 34.0 Å². The van der Waals surface area contributed by atoms with E-state index >= 15 is 0 Å². The zero-order chi connectivity index (χ0) is 27.4. The summed E-state index contributed by atoms with van der Waals surface area (Å²) in [5.41, 5.74) is 1.14. The molecule has 0 saturated heterocycles. The number of anilines is 3. The zero-order valence-corrected chi connectivity index (χ0v) is 21.7. The van der Waals surface area contributed by atoms with Crippen LogP contribution in [-0.2, 0) is 17.3 Å². The van der Waals surface area contributed by atoms with E-state index < -0.39 is 28.0 Å². The van der Waals surface area contributed by atoms with Crippen molar-refractivity contribution in [3.8, 4) is 5.69 Å². The van der Waals surface area contributed by atoms with Crippen molar-refractivity contribution in [2.75, 3.05) is 10.6 Å². The first-order valence-electron chi connectivity index (χ1n) is 13.0. The number of pyridine rings is 1. The zero-order valence-electron chi connectivity index (χ0n) is 21.7. The fraction of sp³-hybridized carbons (Fsp3) is 0.310. The molecule has 198 valence electrons. The van der Waals surface area contributed by atoms with E-state index in [1.54, 1.807) is 38.1 Å². The maximum atomic E-state index is 14.9. The van der Waals surface area contributed by atoms with Gasteiger partial charge in [0.25, 0.3) is 11.1 Å². The summed E-state index contributed by atoms with van der Waals surface area (Å²) in [6.07, 6.45) is 2.92. The Morgan fingerprint density at radius 3 is 2.41 bits per heavy atom. The molecule has 3 heterocycles. The molecule has 2 aromatic carbocycles. The van der Waals surface area contributed by atoms with Crippen LogP contribution in [0.3, 0.4) is 0 Å². The molecule has 1 amide bonds. The molecule has 4 aromatic rings. The van der Waals surface area contributed by atoms with E-state index in [4.69, 9.17) is 0 Å². The van der Waals surface area contributed by atoms with Crippen LogP contribution in [-0.4, -0.2) is 19.6 Å². The van der Waals surface area contributed by atoms with Crippen LogP contribution in [0, 0.1) is 19.7 Å². The van der Waals surface area contributed by atoms with Crippen LogP contribution in [0.15, 0.2) is 50.8 Å². The Morgan fingerprint density at radius 1 is 1.00 bits per heavy atom. The number of carbonyl (C=O) groups is 1. The van der Waals surface area contributed by atoms with E-state index in [9.17, 15) is 23.6 Å². The van der Waals surface area contributed by atoms with Crippen LogP contribution in [0.25, 0.3) is 16.6 Å². The van der Waals surface area contributed by atoms with Crippen molar-refractivity contribution in [1.82, 2.24) is 13.7 Å². The number of nitrogens with one attached hydrogen (secondary N) is 2. The lowest BCUT2D eigenvalue weighted by molar-refractivity contribution is -0.117. The van der Waals surface area contributed by atoms with Crippen LogP contribution in [0.2, 0.25) is 0 Å². The van der Waals surface area contributed by atoms with E-state index in [2.05, 4.69) is 10.6 Å². The minimum atomic E-state index is -0.552. The number of hydrogen-bond acceptors (Lipinski definition) is 5. The van der Waals surface area contributed by atoms with Crippen LogP contribution < -0.4 is 27.4 Å². The minimum absolute atomic E-state index is 0.0496. The average molecular weight is 528 g/mol. The van der Waals surface area contributed by atoms with Gasteiger partial charge in [0, 0.05) is 24.3 Å². The summed E-state index contributed by atoms with van der Waals surface area (Å²) < 4.78 is 18.8. The number of fused-ring (bicyclic) bond motifs is 3. The Kier molecular flexibility index (Phi) is 4.71. The molecular weight excluding hydrogens is 501 g/mol. The largest absolute Gasteiger partial charge is 0.338 e. The fourth-order valence-electron chi connectivity index (χ4n) is 5.88. The SMILES string of the molecule is Cc1ccc(Nc2c3c(=O)n(C4CC4)c(=O)n(-c4ccc5c(c4)NC(=O)C54CC4)c3c(C)c(=O)n2C)c(F)c1. The van der Waals surface area contributed by atoms with Crippen molar-refractivity contribution in [3.05, 3.63) is 90.1 Å². The maximum Gasteiger partial charge on any atom is 0.336 e. The molecule has 7 rings (SSSR count). The third kappa shape index (κ3) is 3.23. The monoisotopic (exact) mass is 527 g/mol. The number of aromatic nitrogens is 3. The highest BCUT2D eigenvalue weighted by atomic mass is 19.1. The minimum Gasteiger partial charge on any atom is -0.338 e. The number of carbonyl (C=O) groups excluding carboxylic acids is 1. The summed E-state index contributed by atoms with van der Waals surface area (Å²) in [7, 11) is 1.51. The molecule has 0 atom stereocenters. The van der Waals surface area contributed by atoms with Gasteiger partial charge in [-0.15, -0.1) is 0 Å². The molecule has 0 radical (unpaired) electrons. The molecule has 2 N–H and O–H groups in total. The van der Waals surface area contributed by atoms with Crippen LogP contribution in [0.4, 0.5) is 21.6 Å². The number of hydrogen-bond donors (Lipinski definition) is 2. The van der Waals surface area contributed by atoms with Gasteiger partial charge in [0.15, 0.2) is 0 Å². The normalized spacial score (nSPS) is 17.0. The van der Waals surface area contributed by atoms with Gasteiger partial charge < -0.3 is 10.6 Å². The van der Waals surface area contributed by atoms with Crippen LogP contribution in [0.5, 0.6) is 0 Å². The second-order valence-electron chi connectivity index (χ2n) is 11.0. The number of aryl methyl sites for hydroxylation is 2. The predicted octanol–water partition coefficient (Wildman–Crippen LogP) is 3.67. The molecule has 2 saturated carbocycles. The standard InChI is InChI=1S/C29H26FN5O4/c1-14-4-9-20(19(30)12-14)31-24-22-23(15(2)25(36)33(24)3)34(28(39)35(26(22)37)16-5-6-16)17-7-8-18-21(13-17)32-27(38)29(18)10-11-29/h4,7-9,12-13,16,31H,5-6,10-11H2,1-3H3,(H,32,38). The first-order valence-corrected chi connectivity index (χ1v) is 13.0. The average Bonchev–Trinajstić information content (AvgIpc) is 3.81. The fourth-order valence-corrected chi connectivity index (χ4v) is 5.88. The molecule has 3 aliphatic rings. The quantitative estimate of drug-likeness (QED) is 0.421. The van der Waals surface area contributed by atoms with Gasteiger partial charge in [-0.05, 0) is 74.9 Å². The molecule has 2 fully saturated rings.